The van der Waals surface area contributed by atoms with Gasteiger partial charge < -0.3 is 20.1 Å². The van der Waals surface area contributed by atoms with Crippen LogP contribution in [0, 0.1) is 0 Å². The lowest BCUT2D eigenvalue weighted by Gasteiger charge is -2.12. The summed E-state index contributed by atoms with van der Waals surface area (Å²) in [6, 6.07) is 21.7. The van der Waals surface area contributed by atoms with Crippen molar-refractivity contribution in [3.63, 3.8) is 0 Å². The number of benzene rings is 3. The molecule has 11 heteroatoms. The van der Waals surface area contributed by atoms with Gasteiger partial charge >= 0.3 is 0 Å². The topological polar surface area (TPSA) is 107 Å². The molecule has 0 saturated carbocycles. The van der Waals surface area contributed by atoms with Crippen molar-refractivity contribution in [2.45, 2.75) is 18.6 Å². The Bertz CT molecular complexity index is 1390. The molecule has 1 aromatic heterocycles. The molecular formula is C27H26BrN5O4S. The van der Waals surface area contributed by atoms with Gasteiger partial charge in [-0.3, -0.25) is 14.2 Å². The van der Waals surface area contributed by atoms with Crippen LogP contribution in [-0.2, 0) is 11.3 Å². The summed E-state index contributed by atoms with van der Waals surface area (Å²) in [6.07, 6.45) is 0. The monoisotopic (exact) mass is 595 g/mol. The first kappa shape index (κ1) is 27.2. The first-order valence-corrected chi connectivity index (χ1v) is 13.5. The highest BCUT2D eigenvalue weighted by Crippen LogP contribution is 2.24. The quantitative estimate of drug-likeness (QED) is 0.232. The van der Waals surface area contributed by atoms with Crippen molar-refractivity contribution in [3.8, 4) is 17.2 Å². The van der Waals surface area contributed by atoms with Crippen molar-refractivity contribution < 1.29 is 19.1 Å². The van der Waals surface area contributed by atoms with E-state index in [2.05, 4.69) is 36.8 Å². The normalized spacial score (nSPS) is 10.6. The van der Waals surface area contributed by atoms with E-state index in [1.807, 2.05) is 47.9 Å². The Hall–Kier alpha value is -3.83. The zero-order valence-electron chi connectivity index (χ0n) is 20.8. The standard InChI is InChI=1S/C27H26BrN5O4S/c1-3-37-22-13-9-20(10-14-22)30-25(34)17-38-27-32-31-24(33(27)21-11-7-19(28)8-12-21)16-29-26(35)18-5-4-6-23(15-18)36-2/h4-15H,3,16-17H2,1-2H3,(H,29,35)(H,30,34). The van der Waals surface area contributed by atoms with E-state index >= 15 is 0 Å². The number of thioether (sulfide) groups is 1. The molecule has 0 radical (unpaired) electrons. The molecule has 0 spiro atoms. The molecule has 4 rings (SSSR count). The van der Waals surface area contributed by atoms with Crippen LogP contribution in [0.2, 0.25) is 0 Å². The third kappa shape index (κ3) is 7.14. The highest BCUT2D eigenvalue weighted by molar-refractivity contribution is 9.10. The van der Waals surface area contributed by atoms with Gasteiger partial charge in [0, 0.05) is 21.4 Å². The second-order valence-corrected chi connectivity index (χ2v) is 9.78. The molecule has 3 aromatic carbocycles. The van der Waals surface area contributed by atoms with Gasteiger partial charge in [0.1, 0.15) is 11.5 Å². The Morgan fingerprint density at radius 1 is 1.00 bits per heavy atom. The zero-order valence-corrected chi connectivity index (χ0v) is 23.2. The lowest BCUT2D eigenvalue weighted by atomic mass is 10.2. The first-order chi connectivity index (χ1) is 18.5. The number of aromatic nitrogens is 3. The summed E-state index contributed by atoms with van der Waals surface area (Å²) in [5.74, 6) is 1.54. The number of ether oxygens (including phenoxy) is 2. The van der Waals surface area contributed by atoms with Crippen LogP contribution in [0.5, 0.6) is 11.5 Å². The van der Waals surface area contributed by atoms with Gasteiger partial charge in [-0.05, 0) is 73.7 Å². The van der Waals surface area contributed by atoms with Crippen molar-refractivity contribution in [2.24, 2.45) is 0 Å². The van der Waals surface area contributed by atoms with Crippen LogP contribution >= 0.6 is 27.7 Å². The summed E-state index contributed by atoms with van der Waals surface area (Å²) in [5, 5.41) is 14.9. The van der Waals surface area contributed by atoms with Gasteiger partial charge in [0.25, 0.3) is 5.91 Å². The maximum atomic E-state index is 12.7. The molecule has 2 N–H and O–H groups in total. The molecule has 0 fully saturated rings. The van der Waals surface area contributed by atoms with E-state index in [0.717, 1.165) is 15.9 Å². The fourth-order valence-corrected chi connectivity index (χ4v) is 4.55. The molecule has 38 heavy (non-hydrogen) atoms. The first-order valence-electron chi connectivity index (χ1n) is 11.7. The Labute approximate surface area is 233 Å². The number of carbonyl (C=O) groups excluding carboxylic acids is 2. The minimum atomic E-state index is -0.266. The van der Waals surface area contributed by atoms with Gasteiger partial charge in [-0.15, -0.1) is 10.2 Å². The number of carbonyl (C=O) groups is 2. The average Bonchev–Trinajstić information content (AvgIpc) is 3.35. The van der Waals surface area contributed by atoms with Crippen molar-refractivity contribution in [3.05, 3.63) is 88.7 Å². The molecule has 9 nitrogen and oxygen atoms in total. The summed E-state index contributed by atoms with van der Waals surface area (Å²) in [5.41, 5.74) is 1.95. The number of halogens is 1. The molecule has 0 aliphatic carbocycles. The molecule has 1 heterocycles. The molecule has 4 aromatic rings. The molecule has 0 saturated heterocycles. The number of hydrogen-bond acceptors (Lipinski definition) is 7. The molecular weight excluding hydrogens is 570 g/mol. The summed E-state index contributed by atoms with van der Waals surface area (Å²) < 4.78 is 13.4. The molecule has 0 bridgehead atoms. The minimum Gasteiger partial charge on any atom is -0.497 e. The van der Waals surface area contributed by atoms with E-state index < -0.39 is 0 Å². The van der Waals surface area contributed by atoms with Crippen LogP contribution in [0.4, 0.5) is 5.69 Å². The van der Waals surface area contributed by atoms with Crippen LogP contribution in [0.3, 0.4) is 0 Å². The van der Waals surface area contributed by atoms with Crippen LogP contribution in [0.25, 0.3) is 5.69 Å². The summed E-state index contributed by atoms with van der Waals surface area (Å²) in [7, 11) is 1.55. The van der Waals surface area contributed by atoms with Gasteiger partial charge in [-0.25, -0.2) is 0 Å². The van der Waals surface area contributed by atoms with E-state index in [1.165, 1.54) is 11.8 Å². The number of amides is 2. The molecule has 2 amide bonds. The highest BCUT2D eigenvalue weighted by Gasteiger charge is 2.17. The van der Waals surface area contributed by atoms with Crippen molar-refractivity contribution >= 4 is 45.2 Å². The van der Waals surface area contributed by atoms with Crippen LogP contribution in [0.1, 0.15) is 23.1 Å². The second kappa shape index (κ2) is 13.1. The third-order valence-corrected chi connectivity index (χ3v) is 6.76. The van der Waals surface area contributed by atoms with Crippen molar-refractivity contribution in [2.75, 3.05) is 24.8 Å². The van der Waals surface area contributed by atoms with E-state index in [0.29, 0.717) is 34.6 Å². The van der Waals surface area contributed by atoms with Crippen LogP contribution in [-0.4, -0.2) is 46.0 Å². The maximum absolute atomic E-state index is 12.7. The number of nitrogens with one attached hydrogen (secondary N) is 2. The zero-order chi connectivity index (χ0) is 26.9. The highest BCUT2D eigenvalue weighted by atomic mass is 79.9. The average molecular weight is 597 g/mol. The van der Waals surface area contributed by atoms with Gasteiger partial charge in [-0.1, -0.05) is 33.8 Å². The largest absolute Gasteiger partial charge is 0.497 e. The van der Waals surface area contributed by atoms with E-state index in [1.54, 1.807) is 43.5 Å². The molecule has 0 atom stereocenters. The summed E-state index contributed by atoms with van der Waals surface area (Å²) in [6.45, 7) is 2.63. The lowest BCUT2D eigenvalue weighted by Crippen LogP contribution is -2.24. The number of hydrogen-bond donors (Lipinski definition) is 2. The van der Waals surface area contributed by atoms with Gasteiger partial charge in [-0.2, -0.15) is 0 Å². The minimum absolute atomic E-state index is 0.123. The fourth-order valence-electron chi connectivity index (χ4n) is 3.51. The Morgan fingerprint density at radius 3 is 2.47 bits per heavy atom. The van der Waals surface area contributed by atoms with Gasteiger partial charge in [0.2, 0.25) is 5.91 Å². The lowest BCUT2D eigenvalue weighted by molar-refractivity contribution is -0.113. The molecule has 0 aliphatic heterocycles. The van der Waals surface area contributed by atoms with Gasteiger partial charge in [0.15, 0.2) is 11.0 Å². The third-order valence-electron chi connectivity index (χ3n) is 5.31. The molecule has 196 valence electrons. The number of methoxy groups -OCH3 is 1. The van der Waals surface area contributed by atoms with Crippen molar-refractivity contribution in [1.82, 2.24) is 20.1 Å². The SMILES string of the molecule is CCOc1ccc(NC(=O)CSc2nnc(CNC(=O)c3cccc(OC)c3)n2-c2ccc(Br)cc2)cc1. The van der Waals surface area contributed by atoms with Crippen LogP contribution in [0.15, 0.2) is 82.4 Å². The van der Waals surface area contributed by atoms with E-state index in [9.17, 15) is 9.59 Å². The Morgan fingerprint density at radius 2 is 1.76 bits per heavy atom. The summed E-state index contributed by atoms with van der Waals surface area (Å²) >= 11 is 4.71. The predicted octanol–water partition coefficient (Wildman–Crippen LogP) is 5.10. The maximum Gasteiger partial charge on any atom is 0.251 e. The molecule has 0 unspecified atom stereocenters. The Kier molecular flexibility index (Phi) is 9.39. The van der Waals surface area contributed by atoms with E-state index in [4.69, 9.17) is 9.47 Å². The number of nitrogens with zero attached hydrogens (tertiary/aromatic N) is 3. The smallest absolute Gasteiger partial charge is 0.251 e. The fraction of sp³-hybridized carbons (Fsp3) is 0.185. The predicted molar refractivity (Wildman–Crippen MR) is 150 cm³/mol. The summed E-state index contributed by atoms with van der Waals surface area (Å²) in [4.78, 5) is 25.4. The van der Waals surface area contributed by atoms with Crippen molar-refractivity contribution in [1.29, 1.82) is 0 Å². The Balaban J connectivity index is 1.46. The molecule has 0 aliphatic rings. The number of rotatable bonds is 11. The van der Waals surface area contributed by atoms with E-state index in [-0.39, 0.29) is 24.1 Å². The second-order valence-electron chi connectivity index (χ2n) is 7.92. The van der Waals surface area contributed by atoms with Gasteiger partial charge in [0.05, 0.1) is 26.0 Å². The van der Waals surface area contributed by atoms with Crippen LogP contribution < -0.4 is 20.1 Å². The number of anilines is 1.